The summed E-state index contributed by atoms with van der Waals surface area (Å²) < 4.78 is 5.86. The highest BCUT2D eigenvalue weighted by Gasteiger charge is 2.11. The lowest BCUT2D eigenvalue weighted by atomic mass is 10.1. The van der Waals surface area contributed by atoms with Crippen LogP contribution in [0.3, 0.4) is 0 Å². The van der Waals surface area contributed by atoms with Crippen molar-refractivity contribution in [1.29, 1.82) is 10.5 Å². The van der Waals surface area contributed by atoms with E-state index in [4.69, 9.17) is 10.00 Å². The van der Waals surface area contributed by atoms with Crippen LogP contribution in [0.5, 0.6) is 5.75 Å². The molecule has 0 aliphatic heterocycles. The summed E-state index contributed by atoms with van der Waals surface area (Å²) >= 11 is 0. The van der Waals surface area contributed by atoms with Crippen molar-refractivity contribution in [2.24, 2.45) is 0 Å². The largest absolute Gasteiger partial charge is 0.489 e. The number of nitrogens with zero attached hydrogens (tertiary/aromatic N) is 2. The molecule has 0 bridgehead atoms. The van der Waals surface area contributed by atoms with Crippen molar-refractivity contribution in [2.75, 3.05) is 0 Å². The van der Waals surface area contributed by atoms with E-state index in [0.29, 0.717) is 16.9 Å². The second kappa shape index (κ2) is 11.6. The zero-order valence-electron chi connectivity index (χ0n) is 14.5. The molecule has 1 unspecified atom stereocenters. The van der Waals surface area contributed by atoms with Crippen LogP contribution in [-0.2, 0) is 0 Å². The van der Waals surface area contributed by atoms with Crippen LogP contribution in [-0.4, -0.2) is 6.10 Å². The van der Waals surface area contributed by atoms with Gasteiger partial charge in [-0.25, -0.2) is 0 Å². The summed E-state index contributed by atoms with van der Waals surface area (Å²) in [5.74, 6) is 0.526. The molecular weight excluding hydrogens is 284 g/mol. The van der Waals surface area contributed by atoms with Crippen LogP contribution in [0.25, 0.3) is 0 Å². The fraction of sp³-hybridized carbons (Fsp3) is 0.600. The molecule has 0 spiro atoms. The van der Waals surface area contributed by atoms with E-state index >= 15 is 0 Å². The highest BCUT2D eigenvalue weighted by atomic mass is 16.5. The van der Waals surface area contributed by atoms with E-state index in [1.54, 1.807) is 18.2 Å². The van der Waals surface area contributed by atoms with Crippen molar-refractivity contribution < 1.29 is 4.74 Å². The SMILES string of the molecule is CCCCCCCCCCC(C)Oc1cccc(C#N)c1C#N. The molecule has 1 aromatic carbocycles. The Hall–Kier alpha value is -2.00. The zero-order valence-corrected chi connectivity index (χ0v) is 14.5. The molecule has 0 N–H and O–H groups in total. The number of hydrogen-bond acceptors (Lipinski definition) is 3. The number of ether oxygens (including phenoxy) is 1. The third-order valence-corrected chi connectivity index (χ3v) is 4.05. The Kier molecular flexibility index (Phi) is 9.57. The Labute approximate surface area is 140 Å². The van der Waals surface area contributed by atoms with Crippen LogP contribution >= 0.6 is 0 Å². The van der Waals surface area contributed by atoms with Gasteiger partial charge in [0.1, 0.15) is 23.5 Å². The molecule has 3 heteroatoms. The summed E-state index contributed by atoms with van der Waals surface area (Å²) in [6, 6.07) is 9.29. The summed E-state index contributed by atoms with van der Waals surface area (Å²) in [6.45, 7) is 4.27. The van der Waals surface area contributed by atoms with E-state index in [-0.39, 0.29) is 6.10 Å². The highest BCUT2D eigenvalue weighted by Crippen LogP contribution is 2.23. The summed E-state index contributed by atoms with van der Waals surface area (Å²) in [7, 11) is 0. The Morgan fingerprint density at radius 1 is 0.957 bits per heavy atom. The molecule has 1 atom stereocenters. The third kappa shape index (κ3) is 7.20. The summed E-state index contributed by atoms with van der Waals surface area (Å²) in [6.07, 6.45) is 11.4. The molecular formula is C20H28N2O. The maximum atomic E-state index is 9.20. The average Bonchev–Trinajstić information content (AvgIpc) is 2.57. The van der Waals surface area contributed by atoms with Crippen molar-refractivity contribution in [3.63, 3.8) is 0 Å². The molecule has 3 nitrogen and oxygen atoms in total. The predicted octanol–water partition coefficient (Wildman–Crippen LogP) is 5.73. The second-order valence-electron chi connectivity index (χ2n) is 6.09. The first-order valence-electron chi connectivity index (χ1n) is 8.82. The Morgan fingerprint density at radius 3 is 2.22 bits per heavy atom. The van der Waals surface area contributed by atoms with Crippen LogP contribution in [0.15, 0.2) is 18.2 Å². The topological polar surface area (TPSA) is 56.8 Å². The number of hydrogen-bond donors (Lipinski definition) is 0. The minimum absolute atomic E-state index is 0.0659. The van der Waals surface area contributed by atoms with E-state index in [0.717, 1.165) is 12.8 Å². The molecule has 0 amide bonds. The smallest absolute Gasteiger partial charge is 0.138 e. The molecule has 1 aromatic rings. The van der Waals surface area contributed by atoms with Crippen LogP contribution in [0.1, 0.15) is 82.8 Å². The van der Waals surface area contributed by atoms with Crippen LogP contribution in [0.2, 0.25) is 0 Å². The first kappa shape index (κ1) is 19.0. The van der Waals surface area contributed by atoms with Gasteiger partial charge in [-0.3, -0.25) is 0 Å². The molecule has 0 aliphatic rings. The van der Waals surface area contributed by atoms with Crippen molar-refractivity contribution in [3.8, 4) is 17.9 Å². The fourth-order valence-electron chi connectivity index (χ4n) is 2.68. The Morgan fingerprint density at radius 2 is 1.61 bits per heavy atom. The van der Waals surface area contributed by atoms with Gasteiger partial charge in [-0.1, -0.05) is 57.9 Å². The van der Waals surface area contributed by atoms with E-state index in [1.807, 2.05) is 13.0 Å². The number of benzene rings is 1. The van der Waals surface area contributed by atoms with E-state index in [1.165, 1.54) is 44.9 Å². The molecule has 0 radical (unpaired) electrons. The van der Waals surface area contributed by atoms with Crippen molar-refractivity contribution in [3.05, 3.63) is 29.3 Å². The third-order valence-electron chi connectivity index (χ3n) is 4.05. The van der Waals surface area contributed by atoms with Crippen molar-refractivity contribution >= 4 is 0 Å². The van der Waals surface area contributed by atoms with Gasteiger partial charge >= 0.3 is 0 Å². The van der Waals surface area contributed by atoms with E-state index in [2.05, 4.69) is 13.0 Å². The van der Waals surface area contributed by atoms with Gasteiger partial charge in [0, 0.05) is 0 Å². The molecule has 1 rings (SSSR count). The molecule has 0 aliphatic carbocycles. The predicted molar refractivity (Wildman–Crippen MR) is 93.2 cm³/mol. The van der Waals surface area contributed by atoms with Gasteiger partial charge in [0.05, 0.1) is 11.7 Å². The van der Waals surface area contributed by atoms with Gasteiger partial charge in [-0.05, 0) is 31.9 Å². The second-order valence-corrected chi connectivity index (χ2v) is 6.09. The molecule has 0 aromatic heterocycles. The maximum Gasteiger partial charge on any atom is 0.138 e. The zero-order chi connectivity index (χ0) is 16.9. The Bertz CT molecular complexity index is 540. The first-order valence-corrected chi connectivity index (χ1v) is 8.82. The quantitative estimate of drug-likeness (QED) is 0.490. The monoisotopic (exact) mass is 312 g/mol. The van der Waals surface area contributed by atoms with Gasteiger partial charge in [-0.2, -0.15) is 10.5 Å². The fourth-order valence-corrected chi connectivity index (χ4v) is 2.68. The maximum absolute atomic E-state index is 9.20. The lowest BCUT2D eigenvalue weighted by Crippen LogP contribution is -2.12. The van der Waals surface area contributed by atoms with Gasteiger partial charge in [0.15, 0.2) is 0 Å². The molecule has 124 valence electrons. The summed E-state index contributed by atoms with van der Waals surface area (Å²) in [4.78, 5) is 0. The first-order chi connectivity index (χ1) is 11.2. The van der Waals surface area contributed by atoms with Gasteiger partial charge in [-0.15, -0.1) is 0 Å². The van der Waals surface area contributed by atoms with E-state index in [9.17, 15) is 5.26 Å². The summed E-state index contributed by atoms with van der Waals surface area (Å²) in [5, 5.41) is 18.2. The van der Waals surface area contributed by atoms with Gasteiger partial charge < -0.3 is 4.74 Å². The number of unbranched alkanes of at least 4 members (excludes halogenated alkanes) is 7. The minimum Gasteiger partial charge on any atom is -0.489 e. The lowest BCUT2D eigenvalue weighted by molar-refractivity contribution is 0.205. The van der Waals surface area contributed by atoms with Crippen molar-refractivity contribution in [1.82, 2.24) is 0 Å². The standard InChI is InChI=1S/C20H28N2O/c1-3-4-5-6-7-8-9-10-12-17(2)23-20-14-11-13-18(15-21)19(20)16-22/h11,13-14,17H,3-10,12H2,1-2H3. The van der Waals surface area contributed by atoms with Gasteiger partial charge in [0.25, 0.3) is 0 Å². The molecule has 0 saturated heterocycles. The van der Waals surface area contributed by atoms with Crippen LogP contribution in [0, 0.1) is 22.7 Å². The molecule has 0 fully saturated rings. The number of rotatable bonds is 11. The lowest BCUT2D eigenvalue weighted by Gasteiger charge is -2.16. The van der Waals surface area contributed by atoms with Gasteiger partial charge in [0.2, 0.25) is 0 Å². The molecule has 0 saturated carbocycles. The van der Waals surface area contributed by atoms with Crippen LogP contribution < -0.4 is 4.74 Å². The normalized spacial score (nSPS) is 11.5. The average molecular weight is 312 g/mol. The number of nitriles is 2. The molecule has 23 heavy (non-hydrogen) atoms. The van der Waals surface area contributed by atoms with Crippen LogP contribution in [0.4, 0.5) is 0 Å². The summed E-state index contributed by atoms with van der Waals surface area (Å²) in [5.41, 5.74) is 0.724. The highest BCUT2D eigenvalue weighted by molar-refractivity contribution is 5.53. The molecule has 0 heterocycles. The van der Waals surface area contributed by atoms with Crippen molar-refractivity contribution in [2.45, 2.75) is 77.7 Å². The Balaban J connectivity index is 2.29. The minimum atomic E-state index is 0.0659. The van der Waals surface area contributed by atoms with E-state index < -0.39 is 0 Å².